The topological polar surface area (TPSA) is 74.2 Å². The first-order valence-electron chi connectivity index (χ1n) is 21.4. The van der Waals surface area contributed by atoms with Crippen molar-refractivity contribution in [2.45, 2.75) is 136 Å². The zero-order valence-corrected chi connectivity index (χ0v) is 42.9. The summed E-state index contributed by atoms with van der Waals surface area (Å²) in [5.41, 5.74) is 16.6. The predicted octanol–water partition coefficient (Wildman–Crippen LogP) is 15.2. The summed E-state index contributed by atoms with van der Waals surface area (Å²) in [5, 5.41) is 16.4. The van der Waals surface area contributed by atoms with Gasteiger partial charge in [0.15, 0.2) is 0 Å². The van der Waals surface area contributed by atoms with E-state index in [0.29, 0.717) is 29.6 Å². The van der Waals surface area contributed by atoms with E-state index >= 15 is 0 Å². The summed E-state index contributed by atoms with van der Waals surface area (Å²) in [6.45, 7) is 23.2. The van der Waals surface area contributed by atoms with Crippen LogP contribution < -0.4 is 0 Å². The fourth-order valence-electron chi connectivity index (χ4n) is 8.37. The number of imidazole rings is 1. The van der Waals surface area contributed by atoms with E-state index in [1.54, 1.807) is 53.4 Å². The van der Waals surface area contributed by atoms with Gasteiger partial charge in [0.05, 0.1) is 11.5 Å². The molecule has 4 aromatic rings. The minimum absolute atomic E-state index is 0. The first-order chi connectivity index (χ1) is 27.1. The van der Waals surface area contributed by atoms with Crippen LogP contribution in [0.2, 0.25) is 0 Å². The van der Waals surface area contributed by atoms with E-state index < -0.39 is 0 Å². The van der Waals surface area contributed by atoms with Gasteiger partial charge in [-0.3, -0.25) is 0 Å². The van der Waals surface area contributed by atoms with Crippen LogP contribution in [0.15, 0.2) is 66.4 Å². The molecule has 6 nitrogen and oxygen atoms in total. The molecule has 2 aliphatic carbocycles. The zero-order chi connectivity index (χ0) is 42.6. The number of nitrogens with zero attached hydrogens (tertiary/aromatic N) is 6. The van der Waals surface area contributed by atoms with Crippen molar-refractivity contribution in [3.05, 3.63) is 144 Å². The smallest absolute Gasteiger partial charge is 0.0980 e. The third-order valence-corrected chi connectivity index (χ3v) is 11.0. The maximum atomic E-state index is 5.93. The van der Waals surface area contributed by atoms with E-state index in [1.807, 2.05) is 0 Å². The van der Waals surface area contributed by atoms with Gasteiger partial charge in [0.1, 0.15) is 0 Å². The van der Waals surface area contributed by atoms with E-state index in [4.69, 9.17) is 10.3 Å². The second kappa shape index (κ2) is 24.4. The Labute approximate surface area is 374 Å². The standard InChI is InChI=1S/C45H58N3.3C2H6N.Hf/c1-26(2)31-23-38(29(7)8)42(39(24-31)30(9)10)44(47-43-32(27(3)4)21-16-22-33(43)28(5)6)45-46-40(25-48(45)11)41-36-19-14-12-17-34(36)35-18-13-15-20-37(35)41;3*1-3-2;/h12,14,16-17,19,21-30,41,44H,13,15,18,20H2,1-11H3;3*1-2H3;/q4*-1;. The van der Waals surface area contributed by atoms with Gasteiger partial charge in [-0.1, -0.05) is 141 Å². The molecule has 58 heavy (non-hydrogen) atoms. The van der Waals surface area contributed by atoms with Crippen molar-refractivity contribution in [3.63, 3.8) is 0 Å². The third kappa shape index (κ3) is 12.1. The predicted molar refractivity (Wildman–Crippen MR) is 251 cm³/mol. The van der Waals surface area contributed by atoms with Crippen LogP contribution in [0.3, 0.4) is 0 Å². The Balaban J connectivity index is 0.00000106. The van der Waals surface area contributed by atoms with Gasteiger partial charge in [-0.2, -0.15) is 42.3 Å². The number of rotatable bonds is 10. The maximum Gasteiger partial charge on any atom is 0.0980 e. The van der Waals surface area contributed by atoms with E-state index in [0.717, 1.165) is 11.5 Å². The van der Waals surface area contributed by atoms with E-state index in [2.05, 4.69) is 158 Å². The summed E-state index contributed by atoms with van der Waals surface area (Å²) in [6, 6.07) is 20.6. The molecule has 0 N–H and O–H groups in total. The largest absolute Gasteiger partial charge is 0.671 e. The Morgan fingerprint density at radius 2 is 1.10 bits per heavy atom. The molecule has 0 amide bonds. The van der Waals surface area contributed by atoms with Crippen LogP contribution in [0.25, 0.3) is 26.8 Å². The van der Waals surface area contributed by atoms with Gasteiger partial charge < -0.3 is 25.8 Å². The van der Waals surface area contributed by atoms with Gasteiger partial charge in [0.25, 0.3) is 0 Å². The van der Waals surface area contributed by atoms with E-state index in [9.17, 15) is 0 Å². The van der Waals surface area contributed by atoms with Crippen molar-refractivity contribution in [3.8, 4) is 0 Å². The van der Waals surface area contributed by atoms with Crippen LogP contribution >= 0.6 is 0 Å². The second-order valence-electron chi connectivity index (χ2n) is 17.4. The summed E-state index contributed by atoms with van der Waals surface area (Å²) in [6.07, 6.45) is 7.22. The summed E-state index contributed by atoms with van der Waals surface area (Å²) >= 11 is 0. The molecule has 0 fully saturated rings. The number of fused-ring (bicyclic) bond motifs is 2. The minimum atomic E-state index is -0.228. The Morgan fingerprint density at radius 1 is 0.621 bits per heavy atom. The first kappa shape index (κ1) is 51.3. The van der Waals surface area contributed by atoms with Gasteiger partial charge >= 0.3 is 0 Å². The van der Waals surface area contributed by atoms with Gasteiger partial charge in [-0.05, 0) is 100 Å². The molecular weight excluding hydrogens is 875 g/mol. The number of hydrogen-bond acceptors (Lipinski definition) is 1. The summed E-state index contributed by atoms with van der Waals surface area (Å²) < 4.78 is 2.31. The quantitative estimate of drug-likeness (QED) is 0.146. The zero-order valence-electron chi connectivity index (χ0n) is 39.3. The summed E-state index contributed by atoms with van der Waals surface area (Å²) in [4.78, 5) is 5.70. The van der Waals surface area contributed by atoms with Crippen LogP contribution in [0.1, 0.15) is 192 Å². The van der Waals surface area contributed by atoms with Gasteiger partial charge in [0.2, 0.25) is 0 Å². The molecular formula is C51H76HfN6-4. The summed E-state index contributed by atoms with van der Waals surface area (Å²) in [5.74, 6) is 3.17. The fraction of sp³-hybridized carbons (Fsp3) is 0.549. The van der Waals surface area contributed by atoms with Crippen molar-refractivity contribution in [1.29, 1.82) is 0 Å². The molecule has 1 aromatic heterocycles. The average molecular weight is 952 g/mol. The van der Waals surface area contributed by atoms with Crippen molar-refractivity contribution in [2.75, 3.05) is 42.3 Å². The first-order valence-corrected chi connectivity index (χ1v) is 21.4. The van der Waals surface area contributed by atoms with E-state index in [-0.39, 0.29) is 37.8 Å². The van der Waals surface area contributed by atoms with Crippen LogP contribution in [0, 0.1) is 0 Å². The molecule has 2 unspecified atom stereocenters. The minimum Gasteiger partial charge on any atom is -0.671 e. The molecule has 318 valence electrons. The number of benzene rings is 3. The molecule has 0 saturated heterocycles. The van der Waals surface area contributed by atoms with Crippen LogP contribution in [0.5, 0.6) is 0 Å². The average Bonchev–Trinajstić information content (AvgIpc) is 3.71. The number of hydrogen-bond donors (Lipinski definition) is 0. The summed E-state index contributed by atoms with van der Waals surface area (Å²) in [7, 11) is 12.7. The second-order valence-corrected chi connectivity index (χ2v) is 17.4. The maximum absolute atomic E-state index is 5.93. The molecule has 2 atom stereocenters. The molecule has 2 aliphatic rings. The Bertz CT molecular complexity index is 1820. The van der Waals surface area contributed by atoms with Gasteiger partial charge in [-0.15, -0.1) is 5.69 Å². The Hall–Kier alpha value is -2.84. The van der Waals surface area contributed by atoms with Crippen molar-refractivity contribution in [1.82, 2.24) is 9.55 Å². The molecule has 3 aromatic carbocycles. The van der Waals surface area contributed by atoms with Gasteiger partial charge in [0, 0.05) is 45.0 Å². The van der Waals surface area contributed by atoms with Gasteiger partial charge in [-0.25, -0.2) is 4.98 Å². The normalized spacial score (nSPS) is 14.9. The number of para-hydroxylation sites is 1. The molecule has 7 heteroatoms. The molecule has 1 heterocycles. The number of aromatic nitrogens is 2. The van der Waals surface area contributed by atoms with Crippen LogP contribution in [-0.2, 0) is 32.9 Å². The molecule has 0 saturated carbocycles. The van der Waals surface area contributed by atoms with Crippen molar-refractivity contribution < 1.29 is 25.8 Å². The molecule has 0 radical (unpaired) electrons. The SMILES string of the molecule is CC(C)c1cc(C(C)C)c(C([N-]c2c(C(C)C)cccc2C(C)C)c2nc(C3C4=C(CCCC4)c4ccccc43)cn2C)c(C(C)C)c1.C[N-]C.C[N-]C.C[N-]C.[Hf]. The van der Waals surface area contributed by atoms with Crippen molar-refractivity contribution in [2.24, 2.45) is 7.05 Å². The molecule has 6 rings (SSSR count). The molecule has 0 spiro atoms. The fourth-order valence-corrected chi connectivity index (χ4v) is 8.37. The van der Waals surface area contributed by atoms with Crippen LogP contribution in [-0.4, -0.2) is 51.8 Å². The molecule has 0 bridgehead atoms. The van der Waals surface area contributed by atoms with E-state index in [1.165, 1.54) is 75.9 Å². The van der Waals surface area contributed by atoms with Crippen LogP contribution in [0.4, 0.5) is 5.69 Å². The molecule has 0 aliphatic heterocycles. The monoisotopic (exact) mass is 953 g/mol. The van der Waals surface area contributed by atoms with Crippen molar-refractivity contribution >= 4 is 11.3 Å². The third-order valence-electron chi connectivity index (χ3n) is 11.0. The Kier molecular flexibility index (Phi) is 21.6. The number of aryl methyl sites for hydroxylation is 1. The number of allylic oxidation sites excluding steroid dienone is 2. The Morgan fingerprint density at radius 3 is 1.59 bits per heavy atom.